The van der Waals surface area contributed by atoms with Crippen LogP contribution in [0.4, 0.5) is 5.69 Å². The number of ether oxygens (including phenoxy) is 1. The molecule has 1 atom stereocenters. The van der Waals surface area contributed by atoms with E-state index in [1.165, 1.54) is 0 Å². The summed E-state index contributed by atoms with van der Waals surface area (Å²) in [4.78, 5) is 29.2. The minimum absolute atomic E-state index is 0.000665. The minimum Gasteiger partial charge on any atom is -0.495 e. The predicted octanol–water partition coefficient (Wildman–Crippen LogP) is 2.20. The summed E-state index contributed by atoms with van der Waals surface area (Å²) in [5.41, 5.74) is 1.83. The molecule has 1 N–H and O–H groups in total. The van der Waals surface area contributed by atoms with Gasteiger partial charge in [-0.3, -0.25) is 9.59 Å². The number of aryl methyl sites for hydroxylation is 1. The zero-order valence-corrected chi connectivity index (χ0v) is 16.7. The molecule has 2 saturated heterocycles. The highest BCUT2D eigenvalue weighted by Crippen LogP contribution is 2.34. The lowest BCUT2D eigenvalue weighted by Crippen LogP contribution is -2.44. The van der Waals surface area contributed by atoms with Crippen molar-refractivity contribution in [2.45, 2.75) is 33.1 Å². The van der Waals surface area contributed by atoms with E-state index in [9.17, 15) is 9.59 Å². The van der Waals surface area contributed by atoms with Crippen LogP contribution in [-0.4, -0.2) is 56.5 Å². The molecule has 0 aromatic heterocycles. The third-order valence-electron chi connectivity index (χ3n) is 5.71. The normalized spacial score (nSPS) is 21.0. The van der Waals surface area contributed by atoms with Crippen LogP contribution in [0.15, 0.2) is 18.2 Å². The largest absolute Gasteiger partial charge is 0.495 e. The molecule has 2 heterocycles. The van der Waals surface area contributed by atoms with Crippen molar-refractivity contribution in [3.05, 3.63) is 23.8 Å². The molecule has 27 heavy (non-hydrogen) atoms. The topological polar surface area (TPSA) is 61.9 Å². The van der Waals surface area contributed by atoms with E-state index < -0.39 is 0 Å². The molecule has 0 spiro atoms. The molecule has 2 amide bonds. The molecule has 2 aliphatic heterocycles. The van der Waals surface area contributed by atoms with E-state index in [1.807, 2.05) is 30.0 Å². The van der Waals surface area contributed by atoms with E-state index in [1.54, 1.807) is 12.0 Å². The van der Waals surface area contributed by atoms with Crippen LogP contribution in [0.25, 0.3) is 0 Å². The van der Waals surface area contributed by atoms with Gasteiger partial charge in [0, 0.05) is 26.1 Å². The number of piperidine rings is 1. The van der Waals surface area contributed by atoms with Gasteiger partial charge in [-0.25, -0.2) is 0 Å². The van der Waals surface area contributed by atoms with Crippen LogP contribution in [-0.2, 0) is 9.59 Å². The molecule has 148 valence electrons. The lowest BCUT2D eigenvalue weighted by Gasteiger charge is -2.33. The second-order valence-electron chi connectivity index (χ2n) is 7.66. The van der Waals surface area contributed by atoms with Crippen LogP contribution in [0.3, 0.4) is 0 Å². The maximum atomic E-state index is 13.0. The van der Waals surface area contributed by atoms with Crippen LogP contribution in [0, 0.1) is 18.8 Å². The van der Waals surface area contributed by atoms with Crippen LogP contribution in [0.1, 0.15) is 31.7 Å². The van der Waals surface area contributed by atoms with Crippen molar-refractivity contribution in [3.8, 4) is 5.75 Å². The molecule has 3 rings (SSSR count). The fraction of sp³-hybridized carbons (Fsp3) is 0.619. The number of hydrogen-bond donors (Lipinski definition) is 1. The highest BCUT2D eigenvalue weighted by atomic mass is 16.5. The van der Waals surface area contributed by atoms with Gasteiger partial charge in [-0.05, 0) is 56.5 Å². The first-order chi connectivity index (χ1) is 13.0. The van der Waals surface area contributed by atoms with E-state index in [2.05, 4.69) is 12.2 Å². The Balaban J connectivity index is 1.62. The summed E-state index contributed by atoms with van der Waals surface area (Å²) >= 11 is 0. The predicted molar refractivity (Wildman–Crippen MR) is 106 cm³/mol. The maximum absolute atomic E-state index is 13.0. The standard InChI is InChI=1S/C21H31N3O3/c1-4-22-13-16-7-9-23(10-8-16)21(26)17-12-20(25)24(14-17)18-11-15(2)5-6-19(18)27-3/h5-6,11,16-17,22H,4,7-10,12-14H2,1-3H3. The van der Waals surface area contributed by atoms with Gasteiger partial charge in [-0.1, -0.05) is 13.0 Å². The molecule has 1 unspecified atom stereocenters. The van der Waals surface area contributed by atoms with Crippen LogP contribution < -0.4 is 15.0 Å². The second-order valence-corrected chi connectivity index (χ2v) is 7.66. The number of nitrogens with one attached hydrogen (secondary N) is 1. The van der Waals surface area contributed by atoms with Crippen molar-refractivity contribution < 1.29 is 14.3 Å². The van der Waals surface area contributed by atoms with Crippen molar-refractivity contribution in [3.63, 3.8) is 0 Å². The Bertz CT molecular complexity index is 683. The number of amides is 2. The Morgan fingerprint density at radius 3 is 2.70 bits per heavy atom. The second kappa shape index (κ2) is 8.74. The van der Waals surface area contributed by atoms with E-state index in [0.29, 0.717) is 18.2 Å². The molecular weight excluding hydrogens is 342 g/mol. The van der Waals surface area contributed by atoms with Crippen LogP contribution in [0.2, 0.25) is 0 Å². The van der Waals surface area contributed by atoms with Crippen molar-refractivity contribution in [1.29, 1.82) is 0 Å². The van der Waals surface area contributed by atoms with Gasteiger partial charge in [0.15, 0.2) is 0 Å². The first-order valence-electron chi connectivity index (χ1n) is 9.98. The lowest BCUT2D eigenvalue weighted by molar-refractivity contribution is -0.137. The fourth-order valence-electron chi connectivity index (χ4n) is 4.08. The number of nitrogens with zero attached hydrogens (tertiary/aromatic N) is 2. The fourth-order valence-corrected chi connectivity index (χ4v) is 4.08. The van der Waals surface area contributed by atoms with Gasteiger partial charge < -0.3 is 19.9 Å². The van der Waals surface area contributed by atoms with E-state index in [-0.39, 0.29) is 24.2 Å². The Morgan fingerprint density at radius 2 is 2.04 bits per heavy atom. The summed E-state index contributed by atoms with van der Waals surface area (Å²) in [6.45, 7) is 8.16. The number of carbonyl (C=O) groups excluding carboxylic acids is 2. The molecule has 2 aliphatic rings. The summed E-state index contributed by atoms with van der Waals surface area (Å²) in [5.74, 6) is 1.19. The molecular formula is C21H31N3O3. The van der Waals surface area contributed by atoms with Gasteiger partial charge in [-0.2, -0.15) is 0 Å². The van der Waals surface area contributed by atoms with Gasteiger partial charge in [0.1, 0.15) is 5.75 Å². The maximum Gasteiger partial charge on any atom is 0.228 e. The smallest absolute Gasteiger partial charge is 0.228 e. The molecule has 0 saturated carbocycles. The van der Waals surface area contributed by atoms with Crippen molar-refractivity contribution >= 4 is 17.5 Å². The highest BCUT2D eigenvalue weighted by Gasteiger charge is 2.38. The summed E-state index contributed by atoms with van der Waals surface area (Å²) < 4.78 is 5.42. The van der Waals surface area contributed by atoms with Crippen molar-refractivity contribution in [2.24, 2.45) is 11.8 Å². The summed E-state index contributed by atoms with van der Waals surface area (Å²) in [6.07, 6.45) is 2.36. The molecule has 0 aliphatic carbocycles. The summed E-state index contributed by atoms with van der Waals surface area (Å²) in [6, 6.07) is 5.79. The van der Waals surface area contributed by atoms with Gasteiger partial charge in [0.05, 0.1) is 18.7 Å². The zero-order valence-electron chi connectivity index (χ0n) is 16.7. The Labute approximate surface area is 161 Å². The number of carbonyl (C=O) groups is 2. The van der Waals surface area contributed by atoms with Crippen molar-refractivity contribution in [2.75, 3.05) is 44.7 Å². The Hall–Kier alpha value is -2.08. The molecule has 6 heteroatoms. The van der Waals surface area contributed by atoms with Crippen molar-refractivity contribution in [1.82, 2.24) is 10.2 Å². The minimum atomic E-state index is -0.256. The molecule has 0 bridgehead atoms. The van der Waals surface area contributed by atoms with Crippen LogP contribution >= 0.6 is 0 Å². The average molecular weight is 373 g/mol. The monoisotopic (exact) mass is 373 g/mol. The summed E-state index contributed by atoms with van der Waals surface area (Å²) in [7, 11) is 1.61. The lowest BCUT2D eigenvalue weighted by atomic mass is 9.95. The third kappa shape index (κ3) is 4.43. The number of anilines is 1. The van der Waals surface area contributed by atoms with Gasteiger partial charge in [-0.15, -0.1) is 0 Å². The molecule has 0 radical (unpaired) electrons. The third-order valence-corrected chi connectivity index (χ3v) is 5.71. The number of likely N-dealkylation sites (tertiary alicyclic amines) is 1. The molecule has 6 nitrogen and oxygen atoms in total. The average Bonchev–Trinajstić information content (AvgIpc) is 3.07. The van der Waals surface area contributed by atoms with E-state index in [4.69, 9.17) is 4.74 Å². The molecule has 1 aromatic carbocycles. The number of benzene rings is 1. The van der Waals surface area contributed by atoms with Gasteiger partial charge in [0.2, 0.25) is 11.8 Å². The number of methoxy groups -OCH3 is 1. The SMILES string of the molecule is CCNCC1CCN(C(=O)C2CC(=O)N(c3cc(C)ccc3OC)C2)CC1. The Morgan fingerprint density at radius 1 is 1.30 bits per heavy atom. The van der Waals surface area contributed by atoms with E-state index in [0.717, 1.165) is 50.3 Å². The van der Waals surface area contributed by atoms with Crippen LogP contribution in [0.5, 0.6) is 5.75 Å². The summed E-state index contributed by atoms with van der Waals surface area (Å²) in [5, 5.41) is 3.40. The first-order valence-corrected chi connectivity index (χ1v) is 9.98. The van der Waals surface area contributed by atoms with Gasteiger partial charge in [0.25, 0.3) is 0 Å². The molecule has 1 aromatic rings. The van der Waals surface area contributed by atoms with Gasteiger partial charge >= 0.3 is 0 Å². The quantitative estimate of drug-likeness (QED) is 0.830. The van der Waals surface area contributed by atoms with E-state index >= 15 is 0 Å². The number of hydrogen-bond acceptors (Lipinski definition) is 4. The zero-order chi connectivity index (χ0) is 19.4. The molecule has 2 fully saturated rings. The Kier molecular flexibility index (Phi) is 6.37. The number of rotatable bonds is 6. The first kappa shape index (κ1) is 19.7. The highest BCUT2D eigenvalue weighted by molar-refractivity contribution is 6.01.